The van der Waals surface area contributed by atoms with Crippen molar-refractivity contribution in [2.75, 3.05) is 13.2 Å². The SMILES string of the molecule is O=C(COc1ccc(Cl)c(F)c1)NC12CCC(NC(=O)COc3ccc(Cl)c(F)c3)(CC1)C(C(C(=O)O)c1ccccc1OP(=O)(O)O)C2. The Balaban J connectivity index is 1.41. The maximum absolute atomic E-state index is 13.9. The molecule has 0 heterocycles. The lowest BCUT2D eigenvalue weighted by molar-refractivity contribution is -0.146. The van der Waals surface area contributed by atoms with Crippen molar-refractivity contribution in [2.45, 2.75) is 49.1 Å². The van der Waals surface area contributed by atoms with E-state index in [1.54, 1.807) is 0 Å². The van der Waals surface area contributed by atoms with Gasteiger partial charge in [-0.05, 0) is 62.4 Å². The monoisotopic (exact) mass is 742 g/mol. The van der Waals surface area contributed by atoms with Gasteiger partial charge in [0.2, 0.25) is 0 Å². The summed E-state index contributed by atoms with van der Waals surface area (Å²) in [7, 11) is -5.11. The van der Waals surface area contributed by atoms with Crippen LogP contribution in [0.1, 0.15) is 43.6 Å². The number of carbonyl (C=O) groups excluding carboxylic acids is 2. The summed E-state index contributed by atoms with van der Waals surface area (Å²) in [6, 6.07) is 12.9. The van der Waals surface area contributed by atoms with Crippen LogP contribution >= 0.6 is 31.0 Å². The first-order chi connectivity index (χ1) is 23.1. The number of hydrogen-bond acceptors (Lipinski definition) is 7. The van der Waals surface area contributed by atoms with Crippen LogP contribution in [0.4, 0.5) is 8.78 Å². The van der Waals surface area contributed by atoms with Gasteiger partial charge in [0, 0.05) is 34.7 Å². The van der Waals surface area contributed by atoms with Crippen LogP contribution in [-0.2, 0) is 18.9 Å². The minimum absolute atomic E-state index is 0.0268. The molecule has 2 unspecified atom stereocenters. The maximum Gasteiger partial charge on any atom is 0.524 e. The van der Waals surface area contributed by atoms with Crippen molar-refractivity contribution in [1.82, 2.24) is 10.6 Å². The largest absolute Gasteiger partial charge is 0.524 e. The Kier molecular flexibility index (Phi) is 10.8. The second kappa shape index (κ2) is 14.5. The standard InChI is InChI=1S/C32H31Cl2F2N2O10P/c33-22-7-5-18(13-24(22)35)46-16-27(39)37-31-9-11-32(12-10-31,38-28(40)17-47-19-6-8-23(34)25(36)14-19)21(15-31)29(30(41)42)20-3-1-2-4-26(20)48-49(43,44)45/h1-8,13-14,21,29H,9-12,15-17H2,(H,37,39)(H,38,40)(H,41,42)(H2,43,44,45). The van der Waals surface area contributed by atoms with E-state index in [2.05, 4.69) is 10.6 Å². The van der Waals surface area contributed by atoms with Crippen LogP contribution in [0.3, 0.4) is 0 Å². The van der Waals surface area contributed by atoms with Crippen molar-refractivity contribution in [3.63, 3.8) is 0 Å². The summed E-state index contributed by atoms with van der Waals surface area (Å²) < 4.78 is 55.3. The Morgan fingerprint density at radius 2 is 1.39 bits per heavy atom. The number of aliphatic carboxylic acids is 1. The van der Waals surface area contributed by atoms with Gasteiger partial charge < -0.3 is 29.7 Å². The maximum atomic E-state index is 13.9. The molecule has 2 bridgehead atoms. The van der Waals surface area contributed by atoms with Crippen molar-refractivity contribution in [1.29, 1.82) is 0 Å². The van der Waals surface area contributed by atoms with Gasteiger partial charge in [-0.1, -0.05) is 41.4 Å². The average Bonchev–Trinajstić information content (AvgIpc) is 3.03. The molecule has 3 aromatic rings. The lowest BCUT2D eigenvalue weighted by atomic mass is 9.52. The molecular formula is C32H31Cl2F2N2O10P. The summed E-state index contributed by atoms with van der Waals surface area (Å²) >= 11 is 11.4. The fourth-order valence-electron chi connectivity index (χ4n) is 6.74. The number of phosphoric acid groups is 1. The molecule has 3 aliphatic rings. The molecule has 3 aliphatic carbocycles. The van der Waals surface area contributed by atoms with Gasteiger partial charge in [-0.15, -0.1) is 0 Å². The fraction of sp³-hybridized carbons (Fsp3) is 0.344. The summed E-state index contributed by atoms with van der Waals surface area (Å²) in [6.45, 7) is -1.03. The van der Waals surface area contributed by atoms with Crippen LogP contribution < -0.4 is 24.6 Å². The minimum atomic E-state index is -5.11. The second-order valence-corrected chi connectivity index (χ2v) is 14.0. The third-order valence-electron chi connectivity index (χ3n) is 8.87. The van der Waals surface area contributed by atoms with E-state index >= 15 is 0 Å². The van der Waals surface area contributed by atoms with Crippen molar-refractivity contribution < 1.29 is 56.6 Å². The van der Waals surface area contributed by atoms with E-state index in [0.29, 0.717) is 12.8 Å². The van der Waals surface area contributed by atoms with Gasteiger partial charge in [0.05, 0.1) is 16.0 Å². The Morgan fingerprint density at radius 1 is 0.857 bits per heavy atom. The lowest BCUT2D eigenvalue weighted by Gasteiger charge is -2.59. The molecular weight excluding hydrogens is 712 g/mol. The number of nitrogens with one attached hydrogen (secondary N) is 2. The fourth-order valence-corrected chi connectivity index (χ4v) is 7.40. The smallest absolute Gasteiger partial charge is 0.484 e. The number of carboxylic acid groups (broad SMARTS) is 1. The number of rotatable bonds is 13. The molecule has 0 radical (unpaired) electrons. The Morgan fingerprint density at radius 3 is 1.90 bits per heavy atom. The summed E-state index contributed by atoms with van der Waals surface area (Å²) in [5.74, 6) is -6.71. The van der Waals surface area contributed by atoms with E-state index in [1.807, 2.05) is 0 Å². The zero-order valence-electron chi connectivity index (χ0n) is 25.5. The molecule has 0 aliphatic heterocycles. The van der Waals surface area contributed by atoms with Crippen LogP contribution in [-0.4, -0.2) is 57.0 Å². The van der Waals surface area contributed by atoms with Gasteiger partial charge in [0.15, 0.2) is 13.2 Å². The van der Waals surface area contributed by atoms with Gasteiger partial charge in [-0.3, -0.25) is 24.2 Å². The third kappa shape index (κ3) is 8.63. The highest BCUT2D eigenvalue weighted by atomic mass is 35.5. The highest BCUT2D eigenvalue weighted by molar-refractivity contribution is 7.46. The Labute approximate surface area is 288 Å². The van der Waals surface area contributed by atoms with E-state index in [-0.39, 0.29) is 52.1 Å². The number of fused-ring (bicyclic) bond motifs is 3. The predicted octanol–water partition coefficient (Wildman–Crippen LogP) is 5.37. The molecule has 2 amide bonds. The normalized spacial score (nSPS) is 22.1. The van der Waals surface area contributed by atoms with Gasteiger partial charge >= 0.3 is 13.8 Å². The number of ether oxygens (including phenoxy) is 2. The van der Waals surface area contributed by atoms with Gasteiger partial charge in [-0.25, -0.2) is 13.3 Å². The topological polar surface area (TPSA) is 181 Å². The molecule has 17 heteroatoms. The van der Waals surface area contributed by atoms with Crippen LogP contribution in [0.5, 0.6) is 17.2 Å². The van der Waals surface area contributed by atoms with E-state index in [1.165, 1.54) is 48.5 Å². The van der Waals surface area contributed by atoms with Crippen molar-refractivity contribution >= 4 is 48.8 Å². The highest BCUT2D eigenvalue weighted by Gasteiger charge is 2.59. The summed E-state index contributed by atoms with van der Waals surface area (Å²) in [4.78, 5) is 58.6. The molecule has 12 nitrogen and oxygen atoms in total. The van der Waals surface area contributed by atoms with E-state index in [9.17, 15) is 42.6 Å². The molecule has 5 N–H and O–H groups in total. The number of halogens is 4. The van der Waals surface area contributed by atoms with Gasteiger partial charge in [0.1, 0.15) is 28.9 Å². The molecule has 49 heavy (non-hydrogen) atoms. The Hall–Kier alpha value is -3.94. The van der Waals surface area contributed by atoms with Crippen LogP contribution in [0.25, 0.3) is 0 Å². The number of phosphoric ester groups is 1. The zero-order valence-corrected chi connectivity index (χ0v) is 27.9. The highest BCUT2D eigenvalue weighted by Crippen LogP contribution is 2.56. The molecule has 2 atom stereocenters. The predicted molar refractivity (Wildman–Crippen MR) is 172 cm³/mol. The van der Waals surface area contributed by atoms with Crippen LogP contribution in [0, 0.1) is 17.6 Å². The van der Waals surface area contributed by atoms with E-state index < -0.39 is 73.4 Å². The first kappa shape index (κ1) is 36.3. The average molecular weight is 743 g/mol. The number of hydrogen-bond donors (Lipinski definition) is 5. The molecule has 6 rings (SSSR count). The number of para-hydroxylation sites is 1. The first-order valence-electron chi connectivity index (χ1n) is 14.9. The lowest BCUT2D eigenvalue weighted by Crippen LogP contribution is -2.69. The molecule has 3 fully saturated rings. The molecule has 262 valence electrons. The van der Waals surface area contributed by atoms with Crippen molar-refractivity contribution in [3.05, 3.63) is 87.9 Å². The Bertz CT molecular complexity index is 1800. The third-order valence-corrected chi connectivity index (χ3v) is 9.92. The van der Waals surface area contributed by atoms with Gasteiger partial charge in [-0.2, -0.15) is 0 Å². The molecule has 3 saturated carbocycles. The number of carbonyl (C=O) groups is 3. The van der Waals surface area contributed by atoms with Gasteiger partial charge in [0.25, 0.3) is 11.8 Å². The number of amides is 2. The summed E-state index contributed by atoms with van der Waals surface area (Å²) in [6.07, 6.45) is 1.07. The molecule has 0 saturated heterocycles. The van der Waals surface area contributed by atoms with Crippen molar-refractivity contribution in [3.8, 4) is 17.2 Å². The van der Waals surface area contributed by atoms with Crippen LogP contribution in [0.2, 0.25) is 10.0 Å². The summed E-state index contributed by atoms with van der Waals surface area (Å²) in [5, 5.41) is 16.3. The molecule has 0 spiro atoms. The second-order valence-electron chi connectivity index (χ2n) is 12.0. The first-order valence-corrected chi connectivity index (χ1v) is 17.2. The van der Waals surface area contributed by atoms with Crippen LogP contribution in [0.15, 0.2) is 60.7 Å². The van der Waals surface area contributed by atoms with E-state index in [4.69, 9.17) is 37.2 Å². The minimum Gasteiger partial charge on any atom is -0.484 e. The number of benzene rings is 3. The molecule has 3 aromatic carbocycles. The van der Waals surface area contributed by atoms with E-state index in [0.717, 1.165) is 12.1 Å². The summed E-state index contributed by atoms with van der Waals surface area (Å²) in [5.41, 5.74) is -2.17. The molecule has 0 aromatic heterocycles. The quantitative estimate of drug-likeness (QED) is 0.143. The van der Waals surface area contributed by atoms with Crippen molar-refractivity contribution in [2.24, 2.45) is 5.92 Å². The zero-order chi connectivity index (χ0) is 35.6. The number of carboxylic acids is 1.